The molecule has 6 heteroatoms. The van der Waals surface area contributed by atoms with Crippen molar-refractivity contribution < 1.29 is 9.26 Å². The van der Waals surface area contributed by atoms with E-state index in [4.69, 9.17) is 26.6 Å². The Balaban J connectivity index is 1.72. The quantitative estimate of drug-likeness (QED) is 0.746. The van der Waals surface area contributed by atoms with Crippen molar-refractivity contribution >= 4 is 17.3 Å². The predicted molar refractivity (Wildman–Crippen MR) is 79.9 cm³/mol. The largest absolute Gasteiger partial charge is 0.485 e. The molecule has 0 radical (unpaired) electrons. The van der Waals surface area contributed by atoms with Crippen LogP contribution < -0.4 is 10.5 Å². The van der Waals surface area contributed by atoms with E-state index < -0.39 is 0 Å². The average molecular weight is 302 g/mol. The highest BCUT2D eigenvalue weighted by Crippen LogP contribution is 2.25. The molecule has 0 unspecified atom stereocenters. The van der Waals surface area contributed by atoms with Gasteiger partial charge in [-0.25, -0.2) is 0 Å². The van der Waals surface area contributed by atoms with E-state index in [2.05, 4.69) is 10.1 Å². The first-order valence-electron chi connectivity index (χ1n) is 6.28. The number of halogens is 1. The van der Waals surface area contributed by atoms with Gasteiger partial charge >= 0.3 is 0 Å². The third kappa shape index (κ3) is 3.14. The van der Waals surface area contributed by atoms with Crippen molar-refractivity contribution in [3.05, 3.63) is 59.4 Å². The Labute approximate surface area is 126 Å². The molecule has 106 valence electrons. The average Bonchev–Trinajstić information content (AvgIpc) is 2.98. The number of hydrogen-bond donors (Lipinski definition) is 1. The number of anilines is 1. The first kappa shape index (κ1) is 13.5. The zero-order valence-electron chi connectivity index (χ0n) is 11.0. The number of para-hydroxylation sites is 1. The molecule has 21 heavy (non-hydrogen) atoms. The number of nitrogens with two attached hydrogens (primary N) is 1. The van der Waals surface area contributed by atoms with Gasteiger partial charge in [-0.3, -0.25) is 0 Å². The van der Waals surface area contributed by atoms with E-state index in [1.807, 2.05) is 30.3 Å². The first-order valence-corrected chi connectivity index (χ1v) is 6.66. The molecule has 3 rings (SSSR count). The number of ether oxygens (including phenoxy) is 1. The van der Waals surface area contributed by atoms with Gasteiger partial charge < -0.3 is 15.0 Å². The summed E-state index contributed by atoms with van der Waals surface area (Å²) in [6.45, 7) is 0.233. The SMILES string of the molecule is Nc1cc(-c2nc(COc3ccccc3)no2)ccc1Cl. The Morgan fingerprint density at radius 1 is 1.14 bits per heavy atom. The van der Waals surface area contributed by atoms with Crippen molar-refractivity contribution in [1.29, 1.82) is 0 Å². The van der Waals surface area contributed by atoms with Crippen LogP contribution in [0.25, 0.3) is 11.5 Å². The molecule has 3 aromatic rings. The number of rotatable bonds is 4. The lowest BCUT2D eigenvalue weighted by molar-refractivity contribution is 0.287. The van der Waals surface area contributed by atoms with Crippen LogP contribution in [0.4, 0.5) is 5.69 Å². The second kappa shape index (κ2) is 5.85. The second-order valence-corrected chi connectivity index (χ2v) is 4.76. The number of nitrogen functional groups attached to an aromatic ring is 1. The molecular weight excluding hydrogens is 290 g/mol. The van der Waals surface area contributed by atoms with E-state index in [9.17, 15) is 0 Å². The van der Waals surface area contributed by atoms with Crippen LogP contribution in [0.3, 0.4) is 0 Å². The van der Waals surface area contributed by atoms with Gasteiger partial charge in [-0.15, -0.1) is 0 Å². The van der Waals surface area contributed by atoms with Crippen LogP contribution in [0.1, 0.15) is 5.82 Å². The minimum atomic E-state index is 0.233. The van der Waals surface area contributed by atoms with E-state index in [0.29, 0.717) is 22.4 Å². The van der Waals surface area contributed by atoms with Crippen molar-refractivity contribution in [2.45, 2.75) is 6.61 Å². The summed E-state index contributed by atoms with van der Waals surface area (Å²) < 4.78 is 10.7. The summed E-state index contributed by atoms with van der Waals surface area (Å²) in [7, 11) is 0. The zero-order valence-corrected chi connectivity index (χ0v) is 11.7. The van der Waals surface area contributed by atoms with Crippen LogP contribution in [0.15, 0.2) is 53.1 Å². The van der Waals surface area contributed by atoms with E-state index in [-0.39, 0.29) is 6.61 Å². The molecule has 2 N–H and O–H groups in total. The third-order valence-electron chi connectivity index (χ3n) is 2.82. The fourth-order valence-corrected chi connectivity index (χ4v) is 1.89. The molecule has 0 bridgehead atoms. The van der Waals surface area contributed by atoms with Crippen molar-refractivity contribution in [3.8, 4) is 17.2 Å². The van der Waals surface area contributed by atoms with Gasteiger partial charge in [0.05, 0.1) is 10.7 Å². The molecule has 0 aliphatic carbocycles. The maximum absolute atomic E-state index is 5.88. The van der Waals surface area contributed by atoms with Gasteiger partial charge in [-0.05, 0) is 30.3 Å². The lowest BCUT2D eigenvalue weighted by atomic mass is 10.2. The molecule has 2 aromatic carbocycles. The Bertz CT molecular complexity index is 744. The highest BCUT2D eigenvalue weighted by atomic mass is 35.5. The molecule has 0 atom stereocenters. The van der Waals surface area contributed by atoms with Gasteiger partial charge in [0, 0.05) is 5.56 Å². The minimum absolute atomic E-state index is 0.233. The predicted octanol–water partition coefficient (Wildman–Crippen LogP) is 3.55. The summed E-state index contributed by atoms with van der Waals surface area (Å²) in [6, 6.07) is 14.6. The molecule has 0 aliphatic rings. The van der Waals surface area contributed by atoms with E-state index in [0.717, 1.165) is 11.3 Å². The number of aromatic nitrogens is 2. The van der Waals surface area contributed by atoms with Gasteiger partial charge in [0.2, 0.25) is 5.82 Å². The van der Waals surface area contributed by atoms with Crippen LogP contribution in [0.5, 0.6) is 5.75 Å². The lowest BCUT2D eigenvalue weighted by Gasteiger charge is -2.01. The molecule has 0 spiro atoms. The Morgan fingerprint density at radius 2 is 1.95 bits per heavy atom. The summed E-state index contributed by atoms with van der Waals surface area (Å²) >= 11 is 5.88. The molecular formula is C15H12ClN3O2. The molecule has 0 saturated carbocycles. The highest BCUT2D eigenvalue weighted by Gasteiger charge is 2.10. The number of hydrogen-bond acceptors (Lipinski definition) is 5. The standard InChI is InChI=1S/C15H12ClN3O2/c16-12-7-6-10(8-13(12)17)15-18-14(19-21-15)9-20-11-4-2-1-3-5-11/h1-8H,9,17H2. The summed E-state index contributed by atoms with van der Waals surface area (Å²) in [5.74, 6) is 1.59. The normalized spacial score (nSPS) is 10.5. The van der Waals surface area contributed by atoms with Crippen LogP contribution >= 0.6 is 11.6 Å². The monoisotopic (exact) mass is 301 g/mol. The number of benzene rings is 2. The van der Waals surface area contributed by atoms with Gasteiger partial charge in [0.25, 0.3) is 5.89 Å². The van der Waals surface area contributed by atoms with Crippen LogP contribution in [0, 0.1) is 0 Å². The molecule has 0 fully saturated rings. The molecule has 0 aliphatic heterocycles. The second-order valence-electron chi connectivity index (χ2n) is 4.35. The Morgan fingerprint density at radius 3 is 2.71 bits per heavy atom. The molecule has 1 heterocycles. The molecule has 0 saturated heterocycles. The first-order chi connectivity index (χ1) is 10.2. The van der Waals surface area contributed by atoms with Crippen molar-refractivity contribution in [2.75, 3.05) is 5.73 Å². The lowest BCUT2D eigenvalue weighted by Crippen LogP contribution is -1.97. The van der Waals surface area contributed by atoms with Crippen LogP contribution in [-0.2, 0) is 6.61 Å². The number of nitrogens with zero attached hydrogens (tertiary/aromatic N) is 2. The van der Waals surface area contributed by atoms with Crippen molar-refractivity contribution in [2.24, 2.45) is 0 Å². The van der Waals surface area contributed by atoms with Crippen LogP contribution in [-0.4, -0.2) is 10.1 Å². The van der Waals surface area contributed by atoms with Gasteiger partial charge in [0.1, 0.15) is 5.75 Å². The topological polar surface area (TPSA) is 74.2 Å². The third-order valence-corrected chi connectivity index (χ3v) is 3.17. The molecule has 1 aromatic heterocycles. The fraction of sp³-hybridized carbons (Fsp3) is 0.0667. The zero-order chi connectivity index (χ0) is 14.7. The fourth-order valence-electron chi connectivity index (χ4n) is 1.77. The minimum Gasteiger partial charge on any atom is -0.485 e. The maximum atomic E-state index is 5.88. The highest BCUT2D eigenvalue weighted by molar-refractivity contribution is 6.33. The van der Waals surface area contributed by atoms with Crippen LogP contribution in [0.2, 0.25) is 5.02 Å². The van der Waals surface area contributed by atoms with Gasteiger partial charge in [-0.1, -0.05) is 35.0 Å². The molecule has 0 amide bonds. The smallest absolute Gasteiger partial charge is 0.258 e. The van der Waals surface area contributed by atoms with Crippen molar-refractivity contribution in [1.82, 2.24) is 10.1 Å². The summed E-state index contributed by atoms with van der Waals surface area (Å²) in [6.07, 6.45) is 0. The summed E-state index contributed by atoms with van der Waals surface area (Å²) in [4.78, 5) is 4.26. The van der Waals surface area contributed by atoms with Gasteiger partial charge in [0.15, 0.2) is 6.61 Å². The summed E-state index contributed by atoms with van der Waals surface area (Å²) in [5, 5.41) is 4.37. The van der Waals surface area contributed by atoms with Gasteiger partial charge in [-0.2, -0.15) is 4.98 Å². The molecule has 5 nitrogen and oxygen atoms in total. The van der Waals surface area contributed by atoms with E-state index in [1.165, 1.54) is 0 Å². The van der Waals surface area contributed by atoms with E-state index in [1.54, 1.807) is 18.2 Å². The van der Waals surface area contributed by atoms with Crippen molar-refractivity contribution in [3.63, 3.8) is 0 Å². The Kier molecular flexibility index (Phi) is 3.75. The maximum Gasteiger partial charge on any atom is 0.258 e. The van der Waals surface area contributed by atoms with E-state index >= 15 is 0 Å². The Hall–Kier alpha value is -2.53. The summed E-state index contributed by atoms with van der Waals surface area (Å²) in [5.41, 5.74) is 6.94.